The van der Waals surface area contributed by atoms with Crippen LogP contribution in [0.15, 0.2) is 6.07 Å². The maximum absolute atomic E-state index is 12.0. The number of nitro groups is 1. The third-order valence-corrected chi connectivity index (χ3v) is 2.35. The number of nitrogens with zero attached hydrogens (tertiary/aromatic N) is 2. The van der Waals surface area contributed by atoms with Crippen molar-refractivity contribution in [2.45, 2.75) is 11.7 Å². The Hall–Kier alpha value is -1.58. The van der Waals surface area contributed by atoms with Gasteiger partial charge in [-0.05, 0) is 4.92 Å². The van der Waals surface area contributed by atoms with Gasteiger partial charge in [0.05, 0.1) is 7.11 Å². The summed E-state index contributed by atoms with van der Waals surface area (Å²) < 4.78 is 44.3. The molecule has 100 valence electrons. The van der Waals surface area contributed by atoms with Crippen molar-refractivity contribution in [2.24, 2.45) is 0 Å². The highest BCUT2D eigenvalue weighted by molar-refractivity contribution is 9.08. The van der Waals surface area contributed by atoms with Gasteiger partial charge in [-0.3, -0.25) is 0 Å². The lowest BCUT2D eigenvalue weighted by Crippen LogP contribution is -2.18. The van der Waals surface area contributed by atoms with E-state index in [1.54, 1.807) is 0 Å². The maximum atomic E-state index is 12.0. The molecule has 18 heavy (non-hydrogen) atoms. The van der Waals surface area contributed by atoms with Gasteiger partial charge in [-0.25, -0.2) is 0 Å². The lowest BCUT2D eigenvalue weighted by atomic mass is 10.2. The number of hydrogen-bond donors (Lipinski definition) is 0. The molecule has 0 amide bonds. The fourth-order valence-electron chi connectivity index (χ4n) is 1.16. The van der Waals surface area contributed by atoms with Crippen molar-refractivity contribution in [3.8, 4) is 11.6 Å². The number of halogens is 4. The summed E-state index contributed by atoms with van der Waals surface area (Å²) in [5, 5.41) is 10.7. The van der Waals surface area contributed by atoms with Crippen LogP contribution in [-0.2, 0) is 5.33 Å². The van der Waals surface area contributed by atoms with Gasteiger partial charge < -0.3 is 19.6 Å². The zero-order chi connectivity index (χ0) is 13.9. The fourth-order valence-corrected chi connectivity index (χ4v) is 1.58. The lowest BCUT2D eigenvalue weighted by Gasteiger charge is -2.09. The molecule has 1 aromatic heterocycles. The van der Waals surface area contributed by atoms with Gasteiger partial charge in [0.15, 0.2) is 0 Å². The van der Waals surface area contributed by atoms with E-state index in [4.69, 9.17) is 4.74 Å². The maximum Gasteiger partial charge on any atom is 0.575 e. The molecule has 0 fully saturated rings. The summed E-state index contributed by atoms with van der Waals surface area (Å²) in [5.41, 5.74) is 0.124. The second-order valence-electron chi connectivity index (χ2n) is 2.92. The smallest absolute Gasteiger partial charge is 0.489 e. The summed E-state index contributed by atoms with van der Waals surface area (Å²) in [4.78, 5) is 12.9. The third kappa shape index (κ3) is 3.45. The number of ether oxygens (including phenoxy) is 2. The van der Waals surface area contributed by atoms with Gasteiger partial charge >= 0.3 is 18.1 Å². The van der Waals surface area contributed by atoms with E-state index < -0.39 is 23.0 Å². The van der Waals surface area contributed by atoms with Gasteiger partial charge in [-0.15, -0.1) is 13.2 Å². The molecule has 0 spiro atoms. The first-order chi connectivity index (χ1) is 8.28. The summed E-state index contributed by atoms with van der Waals surface area (Å²) >= 11 is 2.98. The molecule has 6 nitrogen and oxygen atoms in total. The highest BCUT2D eigenvalue weighted by Gasteiger charge is 2.35. The lowest BCUT2D eigenvalue weighted by molar-refractivity contribution is -0.391. The molecule has 1 aromatic rings. The largest absolute Gasteiger partial charge is 0.575 e. The first-order valence-electron chi connectivity index (χ1n) is 4.32. The number of alkyl halides is 4. The van der Waals surface area contributed by atoms with Crippen molar-refractivity contribution in [3.63, 3.8) is 0 Å². The molecule has 1 heterocycles. The Labute approximate surface area is 107 Å². The first kappa shape index (κ1) is 14.5. The second kappa shape index (κ2) is 5.38. The van der Waals surface area contributed by atoms with E-state index in [-0.39, 0.29) is 16.6 Å². The topological polar surface area (TPSA) is 74.5 Å². The van der Waals surface area contributed by atoms with E-state index in [9.17, 15) is 23.3 Å². The van der Waals surface area contributed by atoms with E-state index in [0.717, 1.165) is 13.2 Å². The molecule has 0 atom stereocenters. The van der Waals surface area contributed by atoms with E-state index in [1.165, 1.54) is 0 Å². The highest BCUT2D eigenvalue weighted by atomic mass is 79.9. The van der Waals surface area contributed by atoms with Crippen LogP contribution in [0.1, 0.15) is 5.56 Å². The van der Waals surface area contributed by atoms with Crippen LogP contribution in [-0.4, -0.2) is 23.4 Å². The zero-order valence-corrected chi connectivity index (χ0v) is 10.4. The molecule has 0 radical (unpaired) electrons. The Balaban J connectivity index is 3.32. The number of aromatic nitrogens is 1. The van der Waals surface area contributed by atoms with Crippen molar-refractivity contribution in [1.82, 2.24) is 4.98 Å². The van der Waals surface area contributed by atoms with E-state index in [0.29, 0.717) is 0 Å². The minimum atomic E-state index is -4.97. The van der Waals surface area contributed by atoms with Gasteiger partial charge in [-0.1, -0.05) is 15.9 Å². The van der Waals surface area contributed by atoms with Crippen LogP contribution in [0, 0.1) is 10.1 Å². The van der Waals surface area contributed by atoms with Gasteiger partial charge in [0.2, 0.25) is 5.75 Å². The molecule has 0 bridgehead atoms. The Morgan fingerprint density at radius 1 is 1.56 bits per heavy atom. The Morgan fingerprint density at radius 3 is 2.56 bits per heavy atom. The molecule has 0 aliphatic heterocycles. The van der Waals surface area contributed by atoms with Gasteiger partial charge in [0.1, 0.15) is 0 Å². The molecule has 0 saturated carbocycles. The van der Waals surface area contributed by atoms with Crippen LogP contribution < -0.4 is 9.47 Å². The number of methoxy groups -OCH3 is 1. The monoisotopic (exact) mass is 330 g/mol. The SMILES string of the molecule is COc1c(CBr)cc(OC(F)(F)F)nc1[N+](=O)[O-]. The van der Waals surface area contributed by atoms with Crippen molar-refractivity contribution >= 4 is 21.7 Å². The van der Waals surface area contributed by atoms with Crippen molar-refractivity contribution in [3.05, 3.63) is 21.7 Å². The number of rotatable bonds is 4. The molecular weight excluding hydrogens is 325 g/mol. The molecular formula is C8H6BrF3N2O4. The van der Waals surface area contributed by atoms with E-state index >= 15 is 0 Å². The standard InChI is InChI=1S/C8H6BrF3N2O4/c1-17-6-4(3-9)2-5(18-8(10,11)12)13-7(6)14(15)16/h2H,3H2,1H3. The number of hydrogen-bond acceptors (Lipinski definition) is 5. The molecule has 0 aromatic carbocycles. The normalized spacial score (nSPS) is 11.2. The molecule has 0 unspecified atom stereocenters. The predicted molar refractivity (Wildman–Crippen MR) is 56.8 cm³/mol. The second-order valence-corrected chi connectivity index (χ2v) is 3.48. The van der Waals surface area contributed by atoms with Crippen molar-refractivity contribution < 1.29 is 27.6 Å². The van der Waals surface area contributed by atoms with Crippen LogP contribution in [0.3, 0.4) is 0 Å². The minimum absolute atomic E-state index is 0.0494. The molecule has 0 aliphatic rings. The summed E-state index contributed by atoms with van der Waals surface area (Å²) in [6.07, 6.45) is -4.97. The van der Waals surface area contributed by atoms with Crippen LogP contribution in [0.5, 0.6) is 11.6 Å². The Bertz CT molecular complexity index is 466. The molecule has 0 saturated heterocycles. The molecule has 0 aliphatic carbocycles. The van der Waals surface area contributed by atoms with Gasteiger partial charge in [-0.2, -0.15) is 0 Å². The zero-order valence-electron chi connectivity index (χ0n) is 8.82. The number of pyridine rings is 1. The first-order valence-corrected chi connectivity index (χ1v) is 5.44. The molecule has 10 heteroatoms. The van der Waals surface area contributed by atoms with Crippen molar-refractivity contribution in [2.75, 3.05) is 7.11 Å². The van der Waals surface area contributed by atoms with E-state index in [1.807, 2.05) is 0 Å². The average molecular weight is 331 g/mol. The van der Waals surface area contributed by atoms with Crippen LogP contribution in [0.2, 0.25) is 0 Å². The van der Waals surface area contributed by atoms with Gasteiger partial charge in [0, 0.05) is 21.9 Å². The van der Waals surface area contributed by atoms with Crippen LogP contribution >= 0.6 is 15.9 Å². The third-order valence-electron chi connectivity index (χ3n) is 1.75. The predicted octanol–water partition coefficient (Wildman–Crippen LogP) is 2.79. The van der Waals surface area contributed by atoms with E-state index in [2.05, 4.69) is 25.7 Å². The van der Waals surface area contributed by atoms with Crippen molar-refractivity contribution in [1.29, 1.82) is 0 Å². The highest BCUT2D eigenvalue weighted by Crippen LogP contribution is 2.34. The quantitative estimate of drug-likeness (QED) is 0.482. The van der Waals surface area contributed by atoms with Crippen LogP contribution in [0.25, 0.3) is 0 Å². The Kier molecular flexibility index (Phi) is 4.33. The summed E-state index contributed by atoms with van der Waals surface area (Å²) in [6, 6.07) is 0.911. The minimum Gasteiger partial charge on any atom is -0.489 e. The van der Waals surface area contributed by atoms with Gasteiger partial charge in [0.25, 0.3) is 0 Å². The summed E-state index contributed by atoms with van der Waals surface area (Å²) in [6.45, 7) is 0. The molecule has 1 rings (SSSR count). The summed E-state index contributed by atoms with van der Waals surface area (Å²) in [7, 11) is 1.15. The average Bonchev–Trinajstić information content (AvgIpc) is 2.25. The fraction of sp³-hybridized carbons (Fsp3) is 0.375. The van der Waals surface area contributed by atoms with Crippen LogP contribution in [0.4, 0.5) is 19.0 Å². The molecule has 0 N–H and O–H groups in total. The Morgan fingerprint density at radius 2 is 2.17 bits per heavy atom. The summed E-state index contributed by atoms with van der Waals surface area (Å²) in [5.74, 6) is -1.97.